The number of aliphatic hydroxyl groups excluding tert-OH is 1. The van der Waals surface area contributed by atoms with Gasteiger partial charge in [-0.25, -0.2) is 0 Å². The van der Waals surface area contributed by atoms with Crippen LogP contribution in [0.2, 0.25) is 0 Å². The Bertz CT molecular complexity index is 892. The minimum absolute atomic E-state index is 0.0205. The van der Waals surface area contributed by atoms with E-state index < -0.39 is 4.92 Å². The predicted octanol–water partition coefficient (Wildman–Crippen LogP) is 4.12. The second-order valence-corrected chi connectivity index (χ2v) is 5.45. The predicted molar refractivity (Wildman–Crippen MR) is 92.4 cm³/mol. The number of rotatable bonds is 4. The molecule has 0 spiro atoms. The van der Waals surface area contributed by atoms with Gasteiger partial charge in [0, 0.05) is 29.0 Å². The summed E-state index contributed by atoms with van der Waals surface area (Å²) < 4.78 is 0. The molecule has 0 bridgehead atoms. The van der Waals surface area contributed by atoms with E-state index in [9.17, 15) is 15.2 Å². The number of aryl methyl sites for hydroxylation is 1. The number of nitrogens with zero attached hydrogens (tertiary/aromatic N) is 2. The molecule has 0 aliphatic rings. The second-order valence-electron chi connectivity index (χ2n) is 5.45. The number of benzene rings is 2. The maximum Gasteiger partial charge on any atom is 0.270 e. The van der Waals surface area contributed by atoms with Crippen LogP contribution in [-0.2, 0) is 6.61 Å². The van der Waals surface area contributed by atoms with Gasteiger partial charge in [0.05, 0.1) is 17.2 Å². The van der Waals surface area contributed by atoms with Crippen molar-refractivity contribution in [3.63, 3.8) is 0 Å². The van der Waals surface area contributed by atoms with Crippen molar-refractivity contribution in [3.05, 3.63) is 82.0 Å². The fourth-order valence-corrected chi connectivity index (χ4v) is 2.70. The molecule has 0 radical (unpaired) electrons. The van der Waals surface area contributed by atoms with Crippen molar-refractivity contribution >= 4 is 5.69 Å². The van der Waals surface area contributed by atoms with Crippen molar-refractivity contribution in [2.24, 2.45) is 0 Å². The van der Waals surface area contributed by atoms with Crippen molar-refractivity contribution < 1.29 is 10.0 Å². The molecular weight excluding hydrogens is 304 g/mol. The Kier molecular flexibility index (Phi) is 4.35. The van der Waals surface area contributed by atoms with E-state index in [4.69, 9.17) is 0 Å². The van der Waals surface area contributed by atoms with Gasteiger partial charge in [0.25, 0.3) is 5.69 Å². The molecule has 0 atom stereocenters. The van der Waals surface area contributed by atoms with Gasteiger partial charge in [-0.15, -0.1) is 0 Å². The molecule has 0 amide bonds. The quantitative estimate of drug-likeness (QED) is 0.579. The Morgan fingerprint density at radius 3 is 2.42 bits per heavy atom. The van der Waals surface area contributed by atoms with Crippen LogP contribution in [-0.4, -0.2) is 15.0 Å². The number of hydrogen-bond acceptors (Lipinski definition) is 4. The Balaban J connectivity index is 2.21. The Morgan fingerprint density at radius 2 is 1.75 bits per heavy atom. The summed E-state index contributed by atoms with van der Waals surface area (Å²) >= 11 is 0. The topological polar surface area (TPSA) is 76.3 Å². The molecule has 0 unspecified atom stereocenters. The fourth-order valence-electron chi connectivity index (χ4n) is 2.70. The molecular formula is C19H16N2O3. The van der Waals surface area contributed by atoms with Crippen molar-refractivity contribution in [1.29, 1.82) is 0 Å². The van der Waals surface area contributed by atoms with E-state index in [2.05, 4.69) is 4.98 Å². The molecule has 0 saturated carbocycles. The van der Waals surface area contributed by atoms with Crippen molar-refractivity contribution in [2.45, 2.75) is 13.5 Å². The molecule has 1 heterocycles. The van der Waals surface area contributed by atoms with Crippen LogP contribution in [0.3, 0.4) is 0 Å². The van der Waals surface area contributed by atoms with E-state index in [-0.39, 0.29) is 12.3 Å². The van der Waals surface area contributed by atoms with Gasteiger partial charge < -0.3 is 5.11 Å². The summed E-state index contributed by atoms with van der Waals surface area (Å²) in [5.74, 6) is 0. The third-order valence-corrected chi connectivity index (χ3v) is 3.93. The molecule has 0 saturated heterocycles. The smallest absolute Gasteiger partial charge is 0.270 e. The van der Waals surface area contributed by atoms with Crippen LogP contribution in [0.1, 0.15) is 11.3 Å². The highest BCUT2D eigenvalue weighted by molar-refractivity contribution is 5.75. The van der Waals surface area contributed by atoms with Gasteiger partial charge in [-0.3, -0.25) is 15.1 Å². The van der Waals surface area contributed by atoms with Crippen LogP contribution in [0, 0.1) is 17.0 Å². The maximum absolute atomic E-state index is 11.0. The Morgan fingerprint density at radius 1 is 1.04 bits per heavy atom. The molecule has 120 valence electrons. The second kappa shape index (κ2) is 6.60. The molecule has 1 aromatic heterocycles. The number of aromatic nitrogens is 1. The number of non-ortho nitro benzene ring substituents is 1. The van der Waals surface area contributed by atoms with E-state index in [1.807, 2.05) is 43.3 Å². The largest absolute Gasteiger partial charge is 0.392 e. The summed E-state index contributed by atoms with van der Waals surface area (Å²) in [5.41, 5.74) is 4.58. The molecule has 5 heteroatoms. The number of hydrogen-bond donors (Lipinski definition) is 1. The molecule has 3 rings (SSSR count). The molecule has 0 fully saturated rings. The summed E-state index contributed by atoms with van der Waals surface area (Å²) in [6, 6.07) is 18.0. The van der Waals surface area contributed by atoms with Gasteiger partial charge in [-0.2, -0.15) is 0 Å². The molecule has 1 N–H and O–H groups in total. The minimum atomic E-state index is -0.422. The first-order valence-corrected chi connectivity index (χ1v) is 7.52. The molecule has 3 aromatic rings. The van der Waals surface area contributed by atoms with Crippen molar-refractivity contribution in [3.8, 4) is 22.4 Å². The molecule has 24 heavy (non-hydrogen) atoms. The summed E-state index contributed by atoms with van der Waals surface area (Å²) in [5, 5.41) is 20.8. The van der Waals surface area contributed by atoms with Gasteiger partial charge in [0.1, 0.15) is 0 Å². The maximum atomic E-state index is 11.0. The Hall–Kier alpha value is -3.05. The fraction of sp³-hybridized carbons (Fsp3) is 0.105. The van der Waals surface area contributed by atoms with Crippen molar-refractivity contribution in [2.75, 3.05) is 0 Å². The molecule has 0 aliphatic heterocycles. The van der Waals surface area contributed by atoms with Crippen LogP contribution in [0.15, 0.2) is 60.7 Å². The first kappa shape index (κ1) is 15.8. The zero-order valence-electron chi connectivity index (χ0n) is 13.1. The SMILES string of the molecule is Cc1nc(-c2ccccc2)cc(-c2cccc([N+](=O)[O-])c2)c1CO. The number of nitro benzene ring substituents is 1. The standard InChI is InChI=1S/C19H16N2O3/c1-13-18(12-22)17(15-8-5-9-16(10-15)21(23)24)11-19(20-13)14-6-3-2-4-7-14/h2-11,22H,12H2,1H3. The Labute approximate surface area is 139 Å². The van der Waals surface area contributed by atoms with E-state index in [1.54, 1.807) is 12.1 Å². The van der Waals surface area contributed by atoms with Gasteiger partial charge >= 0.3 is 0 Å². The highest BCUT2D eigenvalue weighted by Gasteiger charge is 2.14. The zero-order chi connectivity index (χ0) is 17.1. The van der Waals surface area contributed by atoms with Crippen LogP contribution in [0.4, 0.5) is 5.69 Å². The minimum Gasteiger partial charge on any atom is -0.392 e. The molecule has 2 aromatic carbocycles. The average molecular weight is 320 g/mol. The number of pyridine rings is 1. The summed E-state index contributed by atoms with van der Waals surface area (Å²) in [4.78, 5) is 15.2. The van der Waals surface area contributed by atoms with Crippen LogP contribution >= 0.6 is 0 Å². The lowest BCUT2D eigenvalue weighted by molar-refractivity contribution is -0.384. The lowest BCUT2D eigenvalue weighted by Gasteiger charge is -2.13. The summed E-state index contributed by atoms with van der Waals surface area (Å²) in [6.07, 6.45) is 0. The van der Waals surface area contributed by atoms with Crippen molar-refractivity contribution in [1.82, 2.24) is 4.98 Å². The van der Waals surface area contributed by atoms with E-state index >= 15 is 0 Å². The zero-order valence-corrected chi connectivity index (χ0v) is 13.1. The van der Waals surface area contributed by atoms with Crippen LogP contribution < -0.4 is 0 Å². The van der Waals surface area contributed by atoms with E-state index in [1.165, 1.54) is 12.1 Å². The monoisotopic (exact) mass is 320 g/mol. The normalized spacial score (nSPS) is 10.6. The number of aliphatic hydroxyl groups is 1. The van der Waals surface area contributed by atoms with Gasteiger partial charge in [-0.05, 0) is 24.1 Å². The molecule has 0 aliphatic carbocycles. The lowest BCUT2D eigenvalue weighted by atomic mass is 9.96. The first-order valence-electron chi connectivity index (χ1n) is 7.52. The summed E-state index contributed by atoms with van der Waals surface area (Å²) in [7, 11) is 0. The van der Waals surface area contributed by atoms with Crippen LogP contribution in [0.5, 0.6) is 0 Å². The van der Waals surface area contributed by atoms with Crippen LogP contribution in [0.25, 0.3) is 22.4 Å². The highest BCUT2D eigenvalue weighted by Crippen LogP contribution is 2.32. The highest BCUT2D eigenvalue weighted by atomic mass is 16.6. The average Bonchev–Trinajstić information content (AvgIpc) is 2.62. The summed E-state index contributed by atoms with van der Waals surface area (Å²) in [6.45, 7) is 1.66. The van der Waals surface area contributed by atoms with Gasteiger partial charge in [0.2, 0.25) is 0 Å². The third-order valence-electron chi connectivity index (χ3n) is 3.93. The number of nitro groups is 1. The third kappa shape index (κ3) is 3.02. The first-order chi connectivity index (χ1) is 11.6. The van der Waals surface area contributed by atoms with E-state index in [0.717, 1.165) is 16.8 Å². The van der Waals surface area contributed by atoms with Gasteiger partial charge in [-0.1, -0.05) is 42.5 Å². The van der Waals surface area contributed by atoms with E-state index in [0.29, 0.717) is 16.8 Å². The van der Waals surface area contributed by atoms with Gasteiger partial charge in [0.15, 0.2) is 0 Å². The lowest BCUT2D eigenvalue weighted by Crippen LogP contribution is -1.99. The molecule has 5 nitrogen and oxygen atoms in total.